The van der Waals surface area contributed by atoms with E-state index in [2.05, 4.69) is 17.4 Å². The fourth-order valence-corrected chi connectivity index (χ4v) is 3.59. The SMILES string of the molecule is COCCc1cccc2oc(C(=O)Nc3ccc(-c4ccccc4)cc3)c(C)c12. The first-order valence-corrected chi connectivity index (χ1v) is 9.64. The first-order valence-electron chi connectivity index (χ1n) is 9.64. The van der Waals surface area contributed by atoms with Gasteiger partial charge in [-0.1, -0.05) is 54.6 Å². The first-order chi connectivity index (χ1) is 14.2. The molecule has 0 saturated carbocycles. The maximum atomic E-state index is 12.9. The van der Waals surface area contributed by atoms with Crippen LogP contribution in [0.5, 0.6) is 0 Å². The summed E-state index contributed by atoms with van der Waals surface area (Å²) in [5.41, 5.74) is 5.67. The second-order valence-electron chi connectivity index (χ2n) is 6.99. The van der Waals surface area contributed by atoms with E-state index in [0.717, 1.165) is 45.3 Å². The number of nitrogens with one attached hydrogen (secondary N) is 1. The monoisotopic (exact) mass is 385 g/mol. The Morgan fingerprint density at radius 3 is 2.38 bits per heavy atom. The lowest BCUT2D eigenvalue weighted by molar-refractivity contribution is 0.0998. The van der Waals surface area contributed by atoms with Gasteiger partial charge in [-0.3, -0.25) is 4.79 Å². The van der Waals surface area contributed by atoms with Gasteiger partial charge in [0, 0.05) is 23.7 Å². The van der Waals surface area contributed by atoms with Crippen molar-refractivity contribution in [2.75, 3.05) is 19.0 Å². The largest absolute Gasteiger partial charge is 0.451 e. The third-order valence-corrected chi connectivity index (χ3v) is 5.07. The predicted molar refractivity (Wildman–Crippen MR) is 116 cm³/mol. The maximum absolute atomic E-state index is 12.9. The van der Waals surface area contributed by atoms with E-state index >= 15 is 0 Å². The third kappa shape index (κ3) is 3.93. The topological polar surface area (TPSA) is 51.5 Å². The van der Waals surface area contributed by atoms with Crippen LogP contribution >= 0.6 is 0 Å². The highest BCUT2D eigenvalue weighted by Gasteiger charge is 2.19. The number of benzene rings is 3. The van der Waals surface area contributed by atoms with Crippen LogP contribution in [0, 0.1) is 6.92 Å². The summed E-state index contributed by atoms with van der Waals surface area (Å²) in [6, 6.07) is 23.8. The average molecular weight is 385 g/mol. The number of rotatable bonds is 6. The van der Waals surface area contributed by atoms with Crippen molar-refractivity contribution in [2.45, 2.75) is 13.3 Å². The number of carbonyl (C=O) groups excluding carboxylic acids is 1. The quantitative estimate of drug-likeness (QED) is 0.453. The van der Waals surface area contributed by atoms with E-state index in [1.165, 1.54) is 0 Å². The zero-order chi connectivity index (χ0) is 20.2. The van der Waals surface area contributed by atoms with E-state index in [9.17, 15) is 4.79 Å². The maximum Gasteiger partial charge on any atom is 0.291 e. The number of anilines is 1. The summed E-state index contributed by atoms with van der Waals surface area (Å²) < 4.78 is 11.1. The lowest BCUT2D eigenvalue weighted by atomic mass is 10.0. The Kier molecular flexibility index (Phi) is 5.45. The molecule has 0 spiro atoms. The summed E-state index contributed by atoms with van der Waals surface area (Å²) in [5, 5.41) is 3.94. The normalized spacial score (nSPS) is 11.0. The molecule has 0 aliphatic carbocycles. The van der Waals surface area contributed by atoms with Crippen molar-refractivity contribution in [3.8, 4) is 11.1 Å². The molecular weight excluding hydrogens is 362 g/mol. The second-order valence-corrected chi connectivity index (χ2v) is 6.99. The van der Waals surface area contributed by atoms with Crippen molar-refractivity contribution < 1.29 is 13.9 Å². The Labute approximate surface area is 170 Å². The van der Waals surface area contributed by atoms with Crippen LogP contribution in [0.4, 0.5) is 5.69 Å². The van der Waals surface area contributed by atoms with Crippen molar-refractivity contribution in [2.24, 2.45) is 0 Å². The highest BCUT2D eigenvalue weighted by Crippen LogP contribution is 2.29. The lowest BCUT2D eigenvalue weighted by Gasteiger charge is -2.06. The number of hydrogen-bond acceptors (Lipinski definition) is 3. The van der Waals surface area contributed by atoms with Gasteiger partial charge < -0.3 is 14.5 Å². The molecule has 1 heterocycles. The molecule has 0 unspecified atom stereocenters. The molecule has 0 aliphatic rings. The molecule has 4 aromatic rings. The number of carbonyl (C=O) groups is 1. The van der Waals surface area contributed by atoms with Crippen LogP contribution in [0.2, 0.25) is 0 Å². The zero-order valence-corrected chi connectivity index (χ0v) is 16.6. The minimum Gasteiger partial charge on any atom is -0.451 e. The van der Waals surface area contributed by atoms with Crippen molar-refractivity contribution in [3.05, 3.63) is 89.7 Å². The molecule has 146 valence electrons. The van der Waals surface area contributed by atoms with Gasteiger partial charge in [0.1, 0.15) is 5.58 Å². The fourth-order valence-electron chi connectivity index (χ4n) is 3.59. The van der Waals surface area contributed by atoms with E-state index in [4.69, 9.17) is 9.15 Å². The molecule has 1 aromatic heterocycles. The number of methoxy groups -OCH3 is 1. The molecule has 0 aliphatic heterocycles. The standard InChI is InChI=1S/C25H23NO3/c1-17-23-20(15-16-28-2)9-6-10-22(23)29-24(17)25(27)26-21-13-11-19(12-14-21)18-7-4-3-5-8-18/h3-14H,15-16H2,1-2H3,(H,26,27). The summed E-state index contributed by atoms with van der Waals surface area (Å²) >= 11 is 0. The fraction of sp³-hybridized carbons (Fsp3) is 0.160. The second kappa shape index (κ2) is 8.33. The summed E-state index contributed by atoms with van der Waals surface area (Å²) in [4.78, 5) is 12.9. The Morgan fingerprint density at radius 1 is 0.931 bits per heavy atom. The molecule has 0 fully saturated rings. The van der Waals surface area contributed by atoms with Crippen LogP contribution in [0.15, 0.2) is 77.2 Å². The molecule has 0 saturated heterocycles. The van der Waals surface area contributed by atoms with Gasteiger partial charge in [0.25, 0.3) is 5.91 Å². The Balaban J connectivity index is 1.57. The van der Waals surface area contributed by atoms with Crippen LogP contribution in [-0.2, 0) is 11.2 Å². The van der Waals surface area contributed by atoms with Crippen LogP contribution in [0.3, 0.4) is 0 Å². The summed E-state index contributed by atoms with van der Waals surface area (Å²) in [5.74, 6) is 0.0980. The Bertz CT molecular complexity index is 1130. The molecule has 29 heavy (non-hydrogen) atoms. The average Bonchev–Trinajstić information content (AvgIpc) is 3.11. The molecule has 0 atom stereocenters. The van der Waals surface area contributed by atoms with Crippen LogP contribution < -0.4 is 5.32 Å². The van der Waals surface area contributed by atoms with Gasteiger partial charge in [-0.25, -0.2) is 0 Å². The Morgan fingerprint density at radius 2 is 1.66 bits per heavy atom. The van der Waals surface area contributed by atoms with Crippen LogP contribution in [0.1, 0.15) is 21.7 Å². The van der Waals surface area contributed by atoms with E-state index in [0.29, 0.717) is 12.4 Å². The van der Waals surface area contributed by atoms with E-state index in [-0.39, 0.29) is 5.91 Å². The van der Waals surface area contributed by atoms with Gasteiger partial charge in [-0.05, 0) is 48.2 Å². The smallest absolute Gasteiger partial charge is 0.291 e. The molecule has 4 heteroatoms. The van der Waals surface area contributed by atoms with Gasteiger partial charge in [0.2, 0.25) is 0 Å². The number of furan rings is 1. The summed E-state index contributed by atoms with van der Waals surface area (Å²) in [6.45, 7) is 2.55. The van der Waals surface area contributed by atoms with E-state index in [1.54, 1.807) is 7.11 Å². The van der Waals surface area contributed by atoms with Crippen LogP contribution in [-0.4, -0.2) is 19.6 Å². The molecular formula is C25H23NO3. The Hall–Kier alpha value is -3.37. The van der Waals surface area contributed by atoms with Crippen molar-refractivity contribution in [1.82, 2.24) is 0 Å². The zero-order valence-electron chi connectivity index (χ0n) is 16.6. The minimum atomic E-state index is -0.246. The highest BCUT2D eigenvalue weighted by atomic mass is 16.5. The minimum absolute atomic E-state index is 0.246. The number of ether oxygens (including phenoxy) is 1. The van der Waals surface area contributed by atoms with Gasteiger partial charge >= 0.3 is 0 Å². The molecule has 0 bridgehead atoms. The van der Waals surface area contributed by atoms with Crippen molar-refractivity contribution in [1.29, 1.82) is 0 Å². The van der Waals surface area contributed by atoms with Gasteiger partial charge in [-0.15, -0.1) is 0 Å². The van der Waals surface area contributed by atoms with Crippen molar-refractivity contribution >= 4 is 22.6 Å². The number of amides is 1. The summed E-state index contributed by atoms with van der Waals surface area (Å²) in [6.07, 6.45) is 0.774. The molecule has 4 rings (SSSR count). The molecule has 4 nitrogen and oxygen atoms in total. The number of hydrogen-bond donors (Lipinski definition) is 1. The van der Waals surface area contributed by atoms with E-state index in [1.807, 2.05) is 67.6 Å². The third-order valence-electron chi connectivity index (χ3n) is 5.07. The molecule has 1 N–H and O–H groups in total. The highest BCUT2D eigenvalue weighted by molar-refractivity contribution is 6.07. The van der Waals surface area contributed by atoms with Gasteiger partial charge in [0.15, 0.2) is 5.76 Å². The van der Waals surface area contributed by atoms with E-state index < -0.39 is 0 Å². The van der Waals surface area contributed by atoms with Crippen molar-refractivity contribution in [3.63, 3.8) is 0 Å². The molecule has 0 radical (unpaired) electrons. The van der Waals surface area contributed by atoms with Gasteiger partial charge in [-0.2, -0.15) is 0 Å². The molecule has 1 amide bonds. The lowest BCUT2D eigenvalue weighted by Crippen LogP contribution is -2.12. The summed E-state index contributed by atoms with van der Waals surface area (Å²) in [7, 11) is 1.68. The number of fused-ring (bicyclic) bond motifs is 1. The number of aryl methyl sites for hydroxylation is 1. The first kappa shape index (κ1) is 19.0. The van der Waals surface area contributed by atoms with Gasteiger partial charge in [0.05, 0.1) is 6.61 Å². The van der Waals surface area contributed by atoms with Crippen LogP contribution in [0.25, 0.3) is 22.1 Å². The molecule has 3 aromatic carbocycles. The predicted octanol–water partition coefficient (Wildman–Crippen LogP) is 5.85.